The summed E-state index contributed by atoms with van der Waals surface area (Å²) in [6.07, 6.45) is 5.34. The molecule has 1 unspecified atom stereocenters. The Balaban J connectivity index is 2.45. The van der Waals surface area contributed by atoms with Crippen molar-refractivity contribution in [2.24, 2.45) is 5.92 Å². The maximum atomic E-state index is 12.1. The first-order chi connectivity index (χ1) is 9.56. The van der Waals surface area contributed by atoms with Gasteiger partial charge in [-0.3, -0.25) is 4.79 Å². The number of carbonyl (C=O) groups excluding carboxylic acids is 1. The molecule has 2 heteroatoms. The van der Waals surface area contributed by atoms with Crippen LogP contribution in [-0.4, -0.2) is 12.5 Å². The van der Waals surface area contributed by atoms with Gasteiger partial charge in [-0.05, 0) is 37.3 Å². The summed E-state index contributed by atoms with van der Waals surface area (Å²) in [5.74, 6) is 0.770. The summed E-state index contributed by atoms with van der Waals surface area (Å²) < 4.78 is 0. The maximum absolute atomic E-state index is 12.1. The number of amides is 1. The van der Waals surface area contributed by atoms with E-state index in [0.717, 1.165) is 18.5 Å². The Bertz CT molecular complexity index is 425. The summed E-state index contributed by atoms with van der Waals surface area (Å²) in [6.45, 7) is 9.38. The highest BCUT2D eigenvalue weighted by atomic mass is 16.1. The number of benzene rings is 1. The molecule has 0 aliphatic rings. The maximum Gasteiger partial charge on any atom is 0.224 e. The van der Waals surface area contributed by atoms with E-state index in [9.17, 15) is 4.79 Å². The molecular formula is C18H29NO. The average Bonchev–Trinajstić information content (AvgIpc) is 2.43. The summed E-state index contributed by atoms with van der Waals surface area (Å²) in [4.78, 5) is 12.1. The van der Waals surface area contributed by atoms with Gasteiger partial charge in [-0.25, -0.2) is 0 Å². The molecule has 0 saturated heterocycles. The second-order valence-electron chi connectivity index (χ2n) is 5.83. The van der Waals surface area contributed by atoms with E-state index in [-0.39, 0.29) is 5.91 Å². The molecule has 112 valence electrons. The molecule has 1 atom stereocenters. The van der Waals surface area contributed by atoms with Gasteiger partial charge in [0.2, 0.25) is 5.91 Å². The fraction of sp³-hybridized carbons (Fsp3) is 0.611. The van der Waals surface area contributed by atoms with Crippen molar-refractivity contribution in [2.75, 3.05) is 6.54 Å². The normalized spacial score (nSPS) is 12.2. The summed E-state index contributed by atoms with van der Waals surface area (Å²) in [6, 6.07) is 6.30. The minimum absolute atomic E-state index is 0.147. The quantitative estimate of drug-likeness (QED) is 0.757. The highest BCUT2D eigenvalue weighted by molar-refractivity contribution is 5.78. The van der Waals surface area contributed by atoms with Crippen LogP contribution in [0.15, 0.2) is 18.2 Å². The van der Waals surface area contributed by atoms with Gasteiger partial charge in [0.05, 0.1) is 6.42 Å². The molecule has 2 nitrogen and oxygen atoms in total. The number of hydrogen-bond acceptors (Lipinski definition) is 1. The van der Waals surface area contributed by atoms with E-state index in [1.54, 1.807) is 0 Å². The molecule has 0 aliphatic heterocycles. The van der Waals surface area contributed by atoms with Crippen molar-refractivity contribution in [3.63, 3.8) is 0 Å². The zero-order valence-corrected chi connectivity index (χ0v) is 13.5. The fourth-order valence-electron chi connectivity index (χ4n) is 2.43. The van der Waals surface area contributed by atoms with Crippen LogP contribution in [0.1, 0.15) is 56.2 Å². The van der Waals surface area contributed by atoms with Crippen LogP contribution in [0.5, 0.6) is 0 Å². The molecule has 1 amide bonds. The molecule has 0 heterocycles. The van der Waals surface area contributed by atoms with Crippen molar-refractivity contribution in [1.29, 1.82) is 0 Å². The Morgan fingerprint density at radius 1 is 1.25 bits per heavy atom. The van der Waals surface area contributed by atoms with Crippen LogP contribution in [0.4, 0.5) is 0 Å². The highest BCUT2D eigenvalue weighted by Crippen LogP contribution is 2.13. The van der Waals surface area contributed by atoms with E-state index in [2.05, 4.69) is 51.2 Å². The van der Waals surface area contributed by atoms with Gasteiger partial charge in [-0.2, -0.15) is 0 Å². The first kappa shape index (κ1) is 16.7. The lowest BCUT2D eigenvalue weighted by Gasteiger charge is -2.15. The van der Waals surface area contributed by atoms with Crippen LogP contribution < -0.4 is 5.32 Å². The van der Waals surface area contributed by atoms with Gasteiger partial charge >= 0.3 is 0 Å². The van der Waals surface area contributed by atoms with E-state index in [4.69, 9.17) is 0 Å². The molecule has 1 aromatic carbocycles. The SMILES string of the molecule is CCCCC(CC)CNC(=O)Cc1cc(C)ccc1C. The average molecular weight is 275 g/mol. The Morgan fingerprint density at radius 2 is 2.00 bits per heavy atom. The number of nitrogens with one attached hydrogen (secondary N) is 1. The number of hydrogen-bond donors (Lipinski definition) is 1. The van der Waals surface area contributed by atoms with Crippen LogP contribution in [0.3, 0.4) is 0 Å². The van der Waals surface area contributed by atoms with Crippen LogP contribution in [-0.2, 0) is 11.2 Å². The first-order valence-corrected chi connectivity index (χ1v) is 7.89. The summed E-state index contributed by atoms with van der Waals surface area (Å²) in [7, 11) is 0. The zero-order chi connectivity index (χ0) is 15.0. The largest absolute Gasteiger partial charge is 0.356 e. The molecule has 0 radical (unpaired) electrons. The Labute approximate surface area is 124 Å². The van der Waals surface area contributed by atoms with Crippen molar-refractivity contribution in [1.82, 2.24) is 5.32 Å². The molecule has 0 aliphatic carbocycles. The second kappa shape index (κ2) is 8.78. The third kappa shape index (κ3) is 5.77. The number of rotatable bonds is 8. The molecule has 1 N–H and O–H groups in total. The van der Waals surface area contributed by atoms with Crippen LogP contribution in [0.25, 0.3) is 0 Å². The third-order valence-electron chi connectivity index (χ3n) is 3.99. The molecular weight excluding hydrogens is 246 g/mol. The standard InChI is InChI=1S/C18H29NO/c1-5-7-8-16(6-2)13-19-18(20)12-17-11-14(3)9-10-15(17)4/h9-11,16H,5-8,12-13H2,1-4H3,(H,19,20). The van der Waals surface area contributed by atoms with E-state index in [1.165, 1.54) is 30.4 Å². The van der Waals surface area contributed by atoms with Gasteiger partial charge in [0.15, 0.2) is 0 Å². The van der Waals surface area contributed by atoms with Gasteiger partial charge in [0.1, 0.15) is 0 Å². The van der Waals surface area contributed by atoms with Crippen LogP contribution in [0, 0.1) is 19.8 Å². The first-order valence-electron chi connectivity index (χ1n) is 7.89. The zero-order valence-electron chi connectivity index (χ0n) is 13.5. The highest BCUT2D eigenvalue weighted by Gasteiger charge is 2.10. The van der Waals surface area contributed by atoms with Crippen molar-refractivity contribution in [3.8, 4) is 0 Å². The summed E-state index contributed by atoms with van der Waals surface area (Å²) >= 11 is 0. The number of aryl methyl sites for hydroxylation is 2. The van der Waals surface area contributed by atoms with E-state index in [0.29, 0.717) is 12.3 Å². The molecule has 1 rings (SSSR count). The van der Waals surface area contributed by atoms with Gasteiger partial charge in [0, 0.05) is 6.54 Å². The molecule has 0 saturated carbocycles. The van der Waals surface area contributed by atoms with Crippen molar-refractivity contribution >= 4 is 5.91 Å². The van der Waals surface area contributed by atoms with Crippen molar-refractivity contribution in [3.05, 3.63) is 34.9 Å². The predicted octanol–water partition coefficient (Wildman–Crippen LogP) is 4.18. The second-order valence-corrected chi connectivity index (χ2v) is 5.83. The molecule has 0 bridgehead atoms. The minimum atomic E-state index is 0.147. The van der Waals surface area contributed by atoms with Crippen molar-refractivity contribution < 1.29 is 4.79 Å². The lowest BCUT2D eigenvalue weighted by Crippen LogP contribution is -2.30. The molecule has 0 fully saturated rings. The predicted molar refractivity (Wildman–Crippen MR) is 85.9 cm³/mol. The van der Waals surface area contributed by atoms with Gasteiger partial charge < -0.3 is 5.32 Å². The Hall–Kier alpha value is -1.31. The van der Waals surface area contributed by atoms with E-state index in [1.807, 2.05) is 0 Å². The van der Waals surface area contributed by atoms with Gasteiger partial charge in [0.25, 0.3) is 0 Å². The monoisotopic (exact) mass is 275 g/mol. The smallest absolute Gasteiger partial charge is 0.224 e. The summed E-state index contributed by atoms with van der Waals surface area (Å²) in [5.41, 5.74) is 3.56. The lowest BCUT2D eigenvalue weighted by atomic mass is 9.99. The number of carbonyl (C=O) groups is 1. The minimum Gasteiger partial charge on any atom is -0.356 e. The Kier molecular flexibility index (Phi) is 7.35. The van der Waals surface area contributed by atoms with E-state index >= 15 is 0 Å². The van der Waals surface area contributed by atoms with Crippen LogP contribution in [0.2, 0.25) is 0 Å². The topological polar surface area (TPSA) is 29.1 Å². The van der Waals surface area contributed by atoms with E-state index < -0.39 is 0 Å². The Morgan fingerprint density at radius 3 is 2.65 bits per heavy atom. The molecule has 1 aromatic rings. The number of unbranched alkanes of at least 4 members (excludes halogenated alkanes) is 1. The molecule has 0 aromatic heterocycles. The summed E-state index contributed by atoms with van der Waals surface area (Å²) in [5, 5.41) is 3.10. The third-order valence-corrected chi connectivity index (χ3v) is 3.99. The fourth-order valence-corrected chi connectivity index (χ4v) is 2.43. The van der Waals surface area contributed by atoms with Crippen molar-refractivity contribution in [2.45, 2.75) is 59.8 Å². The molecule has 20 heavy (non-hydrogen) atoms. The van der Waals surface area contributed by atoms with Gasteiger partial charge in [-0.15, -0.1) is 0 Å². The lowest BCUT2D eigenvalue weighted by molar-refractivity contribution is -0.120. The van der Waals surface area contributed by atoms with Gasteiger partial charge in [-0.1, -0.05) is 56.9 Å². The van der Waals surface area contributed by atoms with Crippen LogP contribution >= 0.6 is 0 Å². The molecule has 0 spiro atoms.